The molecule has 0 spiro atoms. The Morgan fingerprint density at radius 3 is 2.61 bits per heavy atom. The van der Waals surface area contributed by atoms with E-state index in [0.29, 0.717) is 18.1 Å². The Balaban J connectivity index is 3.11. The van der Waals surface area contributed by atoms with Gasteiger partial charge in [-0.15, -0.1) is 0 Å². The Hall–Kier alpha value is -2.56. The van der Waals surface area contributed by atoms with Crippen LogP contribution in [0.3, 0.4) is 0 Å². The first-order valence-electron chi connectivity index (χ1n) is 7.24. The minimum Gasteiger partial charge on any atom is -0.491 e. The molecule has 0 unspecified atom stereocenters. The Morgan fingerprint density at radius 1 is 1.48 bits per heavy atom. The van der Waals surface area contributed by atoms with E-state index in [0.717, 1.165) is 0 Å². The van der Waals surface area contributed by atoms with Gasteiger partial charge in [-0.2, -0.15) is 10.2 Å². The molecule has 8 nitrogen and oxygen atoms in total. The van der Waals surface area contributed by atoms with E-state index in [4.69, 9.17) is 14.7 Å². The second-order valence-corrected chi connectivity index (χ2v) is 6.32. The van der Waals surface area contributed by atoms with Gasteiger partial charge in [-0.05, 0) is 26.7 Å². The number of rotatable bonds is 5. The van der Waals surface area contributed by atoms with E-state index in [9.17, 15) is 4.79 Å². The van der Waals surface area contributed by atoms with Crippen molar-refractivity contribution in [2.45, 2.75) is 40.2 Å². The second kappa shape index (κ2) is 7.63. The third-order valence-corrected chi connectivity index (χ3v) is 2.48. The molecule has 0 fully saturated rings. The van der Waals surface area contributed by atoms with Gasteiger partial charge >= 0.3 is 6.09 Å². The number of carbonyl (C=O) groups excluding carboxylic acids is 1. The summed E-state index contributed by atoms with van der Waals surface area (Å²) in [5.74, 6) is 0.856. The van der Waals surface area contributed by atoms with Gasteiger partial charge in [-0.3, -0.25) is 5.01 Å². The Morgan fingerprint density at radius 2 is 2.13 bits per heavy atom. The Labute approximate surface area is 136 Å². The fraction of sp³-hybridized carbons (Fsp3) is 0.600. The summed E-state index contributed by atoms with van der Waals surface area (Å²) in [7, 11) is 1.47. The second-order valence-electron chi connectivity index (χ2n) is 6.32. The van der Waals surface area contributed by atoms with Crippen molar-refractivity contribution in [3.63, 3.8) is 0 Å². The summed E-state index contributed by atoms with van der Waals surface area (Å²) in [5.41, 5.74) is 2.02. The third kappa shape index (κ3) is 5.98. The number of aromatic nitrogens is 2. The maximum absolute atomic E-state index is 12.1. The molecular weight excluding hydrogens is 298 g/mol. The summed E-state index contributed by atoms with van der Waals surface area (Å²) >= 11 is 0. The lowest BCUT2D eigenvalue weighted by Crippen LogP contribution is -2.47. The summed E-state index contributed by atoms with van der Waals surface area (Å²) in [6.45, 7) is 9.76. The number of ether oxygens (including phenoxy) is 2. The number of nitriles is 1. The van der Waals surface area contributed by atoms with E-state index in [-0.39, 0.29) is 11.7 Å². The fourth-order valence-electron chi connectivity index (χ4n) is 1.71. The van der Waals surface area contributed by atoms with Crippen molar-refractivity contribution >= 4 is 11.9 Å². The molecule has 1 rings (SSSR count). The number of hydrazine groups is 1. The summed E-state index contributed by atoms with van der Waals surface area (Å²) in [5, 5.41) is 10.5. The monoisotopic (exact) mass is 321 g/mol. The van der Waals surface area contributed by atoms with Crippen LogP contribution in [0.25, 0.3) is 0 Å². The number of nitrogens with one attached hydrogen (secondary N) is 1. The van der Waals surface area contributed by atoms with E-state index < -0.39 is 11.7 Å². The zero-order chi connectivity index (χ0) is 17.6. The number of hydrogen-bond acceptors (Lipinski definition) is 7. The van der Waals surface area contributed by atoms with Crippen molar-refractivity contribution in [3.05, 3.63) is 12.0 Å². The van der Waals surface area contributed by atoms with Crippen molar-refractivity contribution in [2.75, 3.05) is 18.7 Å². The highest BCUT2D eigenvalue weighted by atomic mass is 16.6. The minimum absolute atomic E-state index is 0.0134. The predicted molar refractivity (Wildman–Crippen MR) is 84.9 cm³/mol. The van der Waals surface area contributed by atoms with Crippen molar-refractivity contribution in [2.24, 2.45) is 5.92 Å². The summed E-state index contributed by atoms with van der Waals surface area (Å²) in [4.78, 5) is 20.0. The van der Waals surface area contributed by atoms with Crippen LogP contribution in [0.5, 0.6) is 5.75 Å². The molecule has 1 aromatic rings. The van der Waals surface area contributed by atoms with Crippen LogP contribution in [-0.2, 0) is 4.74 Å². The molecule has 126 valence electrons. The topological polar surface area (TPSA) is 100 Å². The molecule has 1 aromatic heterocycles. The normalized spacial score (nSPS) is 10.9. The number of methoxy groups -OCH3 is 1. The number of nitrogens with zero attached hydrogens (tertiary/aromatic N) is 4. The van der Waals surface area contributed by atoms with Crippen LogP contribution in [0.15, 0.2) is 6.20 Å². The summed E-state index contributed by atoms with van der Waals surface area (Å²) < 4.78 is 10.5. The number of carbonyl (C=O) groups is 1. The molecule has 0 aromatic carbocycles. The van der Waals surface area contributed by atoms with Gasteiger partial charge in [-0.1, -0.05) is 13.8 Å². The van der Waals surface area contributed by atoms with Gasteiger partial charge in [0.1, 0.15) is 11.7 Å². The molecule has 0 saturated carbocycles. The average Bonchev–Trinajstić information content (AvgIpc) is 2.43. The molecule has 1 amide bonds. The quantitative estimate of drug-likeness (QED) is 0.830. The molecule has 0 aliphatic carbocycles. The standard InChI is InChI=1S/C15H23N5O3/c1-10(2)9-20(19-14(21)23-15(3,4)5)13-11(22-6)8-17-12(7-16)18-13/h8,10H,9H2,1-6H3,(H,19,21). The lowest BCUT2D eigenvalue weighted by atomic mass is 10.2. The number of anilines is 1. The molecule has 0 atom stereocenters. The van der Waals surface area contributed by atoms with Crippen molar-refractivity contribution < 1.29 is 14.3 Å². The smallest absolute Gasteiger partial charge is 0.426 e. The van der Waals surface area contributed by atoms with Crippen molar-refractivity contribution in [1.29, 1.82) is 5.26 Å². The zero-order valence-electron chi connectivity index (χ0n) is 14.4. The molecule has 23 heavy (non-hydrogen) atoms. The molecule has 0 saturated heterocycles. The molecule has 1 N–H and O–H groups in total. The van der Waals surface area contributed by atoms with Gasteiger partial charge in [0, 0.05) is 6.54 Å². The Kier molecular flexibility index (Phi) is 6.13. The average molecular weight is 321 g/mol. The van der Waals surface area contributed by atoms with Crippen LogP contribution in [0.4, 0.5) is 10.6 Å². The zero-order valence-corrected chi connectivity index (χ0v) is 14.4. The number of amides is 1. The maximum atomic E-state index is 12.1. The van der Waals surface area contributed by atoms with Crippen LogP contribution < -0.4 is 15.2 Å². The van der Waals surface area contributed by atoms with Gasteiger partial charge < -0.3 is 9.47 Å². The fourth-order valence-corrected chi connectivity index (χ4v) is 1.71. The minimum atomic E-state index is -0.624. The van der Waals surface area contributed by atoms with Crippen LogP contribution in [-0.4, -0.2) is 35.3 Å². The van der Waals surface area contributed by atoms with Gasteiger partial charge in [0.2, 0.25) is 5.82 Å². The summed E-state index contributed by atoms with van der Waals surface area (Å²) in [6.07, 6.45) is 0.780. The van der Waals surface area contributed by atoms with Crippen LogP contribution in [0.2, 0.25) is 0 Å². The first kappa shape index (κ1) is 18.5. The van der Waals surface area contributed by atoms with E-state index in [2.05, 4.69) is 15.4 Å². The van der Waals surface area contributed by atoms with Crippen molar-refractivity contribution in [3.8, 4) is 11.8 Å². The van der Waals surface area contributed by atoms with Gasteiger partial charge in [0.15, 0.2) is 11.6 Å². The Bertz CT molecular complexity index is 590. The summed E-state index contributed by atoms with van der Waals surface area (Å²) in [6, 6.07) is 1.87. The molecule has 8 heteroatoms. The first-order valence-corrected chi connectivity index (χ1v) is 7.24. The predicted octanol–water partition coefficient (Wildman–Crippen LogP) is 2.26. The molecule has 1 heterocycles. The van der Waals surface area contributed by atoms with Gasteiger partial charge in [-0.25, -0.2) is 15.2 Å². The lowest BCUT2D eigenvalue weighted by molar-refractivity contribution is 0.0519. The van der Waals surface area contributed by atoms with Crippen LogP contribution >= 0.6 is 0 Å². The van der Waals surface area contributed by atoms with Gasteiger partial charge in [0.25, 0.3) is 0 Å². The molecule has 0 aliphatic rings. The van der Waals surface area contributed by atoms with E-state index in [1.165, 1.54) is 18.3 Å². The highest BCUT2D eigenvalue weighted by Crippen LogP contribution is 2.24. The van der Waals surface area contributed by atoms with Crippen LogP contribution in [0, 0.1) is 17.2 Å². The lowest BCUT2D eigenvalue weighted by Gasteiger charge is -2.28. The first-order chi connectivity index (χ1) is 10.7. The largest absolute Gasteiger partial charge is 0.491 e. The van der Waals surface area contributed by atoms with Gasteiger partial charge in [0.05, 0.1) is 13.3 Å². The van der Waals surface area contributed by atoms with E-state index in [1.807, 2.05) is 19.9 Å². The van der Waals surface area contributed by atoms with Crippen LogP contribution in [0.1, 0.15) is 40.4 Å². The highest BCUT2D eigenvalue weighted by Gasteiger charge is 2.22. The maximum Gasteiger partial charge on any atom is 0.426 e. The third-order valence-electron chi connectivity index (χ3n) is 2.48. The SMILES string of the molecule is COc1cnc(C#N)nc1N(CC(C)C)NC(=O)OC(C)(C)C. The van der Waals surface area contributed by atoms with E-state index in [1.54, 1.807) is 20.8 Å². The number of hydrogen-bond donors (Lipinski definition) is 1. The molecule has 0 radical (unpaired) electrons. The highest BCUT2D eigenvalue weighted by molar-refractivity contribution is 5.71. The molecular formula is C15H23N5O3. The molecule has 0 aliphatic heterocycles. The van der Waals surface area contributed by atoms with E-state index >= 15 is 0 Å². The molecule has 0 bridgehead atoms. The van der Waals surface area contributed by atoms with Crippen molar-refractivity contribution in [1.82, 2.24) is 15.4 Å².